The van der Waals surface area contributed by atoms with Gasteiger partial charge in [0.05, 0.1) is 10.7 Å². The zero-order valence-electron chi connectivity index (χ0n) is 23.9. The number of hydrogen-bond acceptors (Lipinski definition) is 5. The molecule has 5 heteroatoms. The van der Waals surface area contributed by atoms with Crippen molar-refractivity contribution in [3.8, 4) is 0 Å². The molecule has 0 spiro atoms. The van der Waals surface area contributed by atoms with Gasteiger partial charge >= 0.3 is 5.97 Å². The average molecular weight is 504 g/mol. The number of thiazole rings is 1. The molecule has 4 nitrogen and oxygen atoms in total. The molecule has 198 valence electrons. The first-order valence-electron chi connectivity index (χ1n) is 13.5. The summed E-state index contributed by atoms with van der Waals surface area (Å²) in [5.41, 5.74) is 1.53. The van der Waals surface area contributed by atoms with Gasteiger partial charge in [-0.25, -0.2) is 4.98 Å². The van der Waals surface area contributed by atoms with E-state index in [1.165, 1.54) is 0 Å². The molecule has 2 rings (SSSR count). The van der Waals surface area contributed by atoms with Crippen LogP contribution in [0.15, 0.2) is 11.0 Å². The van der Waals surface area contributed by atoms with E-state index in [1.807, 2.05) is 40.0 Å². The molecule has 1 saturated heterocycles. The van der Waals surface area contributed by atoms with Crippen molar-refractivity contribution >= 4 is 29.2 Å². The first kappa shape index (κ1) is 29.7. The first-order valence-corrected chi connectivity index (χ1v) is 14.4. The Labute approximate surface area is 218 Å². The smallest absolute Gasteiger partial charge is 0.306 e. The van der Waals surface area contributed by atoms with Crippen LogP contribution in [0.1, 0.15) is 112 Å². The highest BCUT2D eigenvalue weighted by molar-refractivity contribution is 7.09. The Bertz CT molecular complexity index is 897. The van der Waals surface area contributed by atoms with Crippen molar-refractivity contribution in [1.82, 2.24) is 4.98 Å². The molecule has 0 aromatic carbocycles. The molecule has 0 bridgehead atoms. The van der Waals surface area contributed by atoms with Gasteiger partial charge in [-0.2, -0.15) is 0 Å². The second kappa shape index (κ2) is 12.2. The lowest BCUT2D eigenvalue weighted by atomic mass is 9.67. The second-order valence-corrected chi connectivity index (χ2v) is 13.6. The number of carbonyl (C=O) groups excluding carboxylic acids is 2. The van der Waals surface area contributed by atoms with Crippen molar-refractivity contribution in [3.63, 3.8) is 0 Å². The summed E-state index contributed by atoms with van der Waals surface area (Å²) in [5, 5.41) is 3.07. The normalized spacial score (nSPS) is 31.7. The van der Waals surface area contributed by atoms with E-state index in [2.05, 4.69) is 45.7 Å². The lowest BCUT2D eigenvalue weighted by Gasteiger charge is -2.36. The van der Waals surface area contributed by atoms with E-state index in [-0.39, 0.29) is 41.5 Å². The minimum absolute atomic E-state index is 0.0288. The topological polar surface area (TPSA) is 56.3 Å². The molecule has 0 radical (unpaired) electrons. The Kier molecular flexibility index (Phi) is 10.3. The van der Waals surface area contributed by atoms with Crippen molar-refractivity contribution in [2.24, 2.45) is 34.5 Å². The SMILES string of the molecule is C/C(=C\c1csc(C)n1)C1CCC(C)(C)CCCC(C)C(C)C(C)C(=O)C(C)(C)C(C)CC(=O)O1. The largest absolute Gasteiger partial charge is 0.458 e. The van der Waals surface area contributed by atoms with Gasteiger partial charge in [-0.05, 0) is 67.9 Å². The number of hydrogen-bond donors (Lipinski definition) is 0. The van der Waals surface area contributed by atoms with Crippen LogP contribution in [0.25, 0.3) is 6.08 Å². The fourth-order valence-corrected chi connectivity index (χ4v) is 5.81. The van der Waals surface area contributed by atoms with E-state index >= 15 is 0 Å². The fourth-order valence-electron chi connectivity index (χ4n) is 5.24. The molecule has 1 aromatic heterocycles. The maximum Gasteiger partial charge on any atom is 0.306 e. The molecule has 0 saturated carbocycles. The molecule has 1 aliphatic rings. The van der Waals surface area contributed by atoms with Gasteiger partial charge in [0, 0.05) is 23.1 Å². The molecule has 5 unspecified atom stereocenters. The Balaban J connectivity index is 2.33. The van der Waals surface area contributed by atoms with E-state index in [0.29, 0.717) is 11.8 Å². The summed E-state index contributed by atoms with van der Waals surface area (Å²) in [6.07, 6.45) is 7.22. The lowest BCUT2D eigenvalue weighted by Crippen LogP contribution is -2.40. The van der Waals surface area contributed by atoms with Gasteiger partial charge in [-0.1, -0.05) is 68.2 Å². The maximum atomic E-state index is 13.5. The Morgan fingerprint density at radius 1 is 1.09 bits per heavy atom. The second-order valence-electron chi connectivity index (χ2n) is 12.6. The molecule has 35 heavy (non-hydrogen) atoms. The van der Waals surface area contributed by atoms with Crippen LogP contribution in [-0.2, 0) is 14.3 Å². The standard InChI is InChI=1S/C30H49NO3S/c1-19-12-11-14-29(7,8)15-13-26(20(2)16-25-18-35-24(6)31-25)34-27(32)17-21(3)30(9,10)28(33)23(5)22(19)4/h16,18-19,21-23,26H,11-15,17H2,1-10H3/b20-16+. The highest BCUT2D eigenvalue weighted by Crippen LogP contribution is 2.39. The number of rotatable bonds is 2. The molecule has 1 aliphatic heterocycles. The summed E-state index contributed by atoms with van der Waals surface area (Å²) >= 11 is 1.63. The van der Waals surface area contributed by atoms with Crippen LogP contribution in [0.5, 0.6) is 0 Å². The Morgan fingerprint density at radius 2 is 1.74 bits per heavy atom. The fraction of sp³-hybridized carbons (Fsp3) is 0.767. The number of ether oxygens (including phenoxy) is 1. The summed E-state index contributed by atoms with van der Waals surface area (Å²) < 4.78 is 6.11. The number of aromatic nitrogens is 1. The molecular formula is C30H49NO3S. The van der Waals surface area contributed by atoms with Crippen LogP contribution in [0.2, 0.25) is 0 Å². The van der Waals surface area contributed by atoms with Crippen LogP contribution in [-0.4, -0.2) is 22.8 Å². The molecular weight excluding hydrogens is 454 g/mol. The van der Waals surface area contributed by atoms with Crippen LogP contribution < -0.4 is 0 Å². The number of cyclic esters (lactones) is 1. The summed E-state index contributed by atoms with van der Waals surface area (Å²) in [4.78, 5) is 31.2. The zero-order valence-corrected chi connectivity index (χ0v) is 24.7. The molecule has 5 atom stereocenters. The average Bonchev–Trinajstić information content (AvgIpc) is 3.18. The van der Waals surface area contributed by atoms with Crippen molar-refractivity contribution < 1.29 is 14.3 Å². The van der Waals surface area contributed by atoms with E-state index in [4.69, 9.17) is 4.74 Å². The quantitative estimate of drug-likeness (QED) is 0.381. The number of ketones is 1. The van der Waals surface area contributed by atoms with Gasteiger partial charge in [0.1, 0.15) is 11.9 Å². The predicted molar refractivity (Wildman–Crippen MR) is 147 cm³/mol. The molecule has 2 heterocycles. The Morgan fingerprint density at radius 3 is 2.34 bits per heavy atom. The summed E-state index contributed by atoms with van der Waals surface area (Å²) in [6, 6.07) is 0. The maximum absolute atomic E-state index is 13.5. The Hall–Kier alpha value is -1.49. The van der Waals surface area contributed by atoms with E-state index < -0.39 is 5.41 Å². The van der Waals surface area contributed by atoms with Crippen LogP contribution >= 0.6 is 11.3 Å². The number of nitrogens with zero attached hydrogens (tertiary/aromatic N) is 1. The lowest BCUT2D eigenvalue weighted by molar-refractivity contribution is -0.151. The van der Waals surface area contributed by atoms with E-state index in [1.54, 1.807) is 11.3 Å². The third-order valence-electron chi connectivity index (χ3n) is 8.83. The first-order chi connectivity index (χ1) is 16.1. The number of esters is 1. The van der Waals surface area contributed by atoms with Gasteiger partial charge in [0.15, 0.2) is 0 Å². The van der Waals surface area contributed by atoms with Gasteiger partial charge in [0.25, 0.3) is 0 Å². The van der Waals surface area contributed by atoms with Crippen molar-refractivity contribution in [3.05, 3.63) is 21.7 Å². The van der Waals surface area contributed by atoms with Crippen LogP contribution in [0.3, 0.4) is 0 Å². The van der Waals surface area contributed by atoms with Gasteiger partial charge in [-0.3, -0.25) is 9.59 Å². The van der Waals surface area contributed by atoms with Crippen LogP contribution in [0.4, 0.5) is 0 Å². The van der Waals surface area contributed by atoms with Gasteiger partial charge < -0.3 is 4.74 Å². The predicted octanol–water partition coefficient (Wildman–Crippen LogP) is 8.29. The third-order valence-corrected chi connectivity index (χ3v) is 9.62. The number of Topliss-reactive ketones (excluding diaryl/α,β-unsaturated/α-hetero) is 1. The minimum Gasteiger partial charge on any atom is -0.458 e. The molecule has 1 aromatic rings. The summed E-state index contributed by atoms with van der Waals surface area (Å²) in [7, 11) is 0. The zero-order chi connectivity index (χ0) is 26.6. The van der Waals surface area contributed by atoms with E-state index in [0.717, 1.165) is 48.4 Å². The molecule has 1 fully saturated rings. The summed E-state index contributed by atoms with van der Waals surface area (Å²) in [6.45, 7) is 21.3. The highest BCUT2D eigenvalue weighted by Gasteiger charge is 2.40. The highest BCUT2D eigenvalue weighted by atomic mass is 32.1. The number of aryl methyl sites for hydroxylation is 1. The number of carbonyl (C=O) groups is 2. The van der Waals surface area contributed by atoms with Gasteiger partial charge in [-0.15, -0.1) is 11.3 Å². The molecule has 0 N–H and O–H groups in total. The summed E-state index contributed by atoms with van der Waals surface area (Å²) in [5.74, 6) is 0.735. The van der Waals surface area contributed by atoms with E-state index in [9.17, 15) is 9.59 Å². The monoisotopic (exact) mass is 503 g/mol. The third kappa shape index (κ3) is 8.27. The molecule has 0 amide bonds. The molecule has 0 aliphatic carbocycles. The van der Waals surface area contributed by atoms with Crippen molar-refractivity contribution in [1.29, 1.82) is 0 Å². The van der Waals surface area contributed by atoms with Crippen molar-refractivity contribution in [2.45, 2.75) is 114 Å². The minimum atomic E-state index is -0.579. The van der Waals surface area contributed by atoms with Gasteiger partial charge in [0.2, 0.25) is 0 Å². The van der Waals surface area contributed by atoms with Crippen molar-refractivity contribution in [2.75, 3.05) is 0 Å². The van der Waals surface area contributed by atoms with Crippen LogP contribution in [0, 0.1) is 41.4 Å².